The zero-order valence-electron chi connectivity index (χ0n) is 24.7. The van der Waals surface area contributed by atoms with Crippen molar-refractivity contribution in [2.24, 2.45) is 5.92 Å². The summed E-state index contributed by atoms with van der Waals surface area (Å²) in [6, 6.07) is 8.08. The van der Waals surface area contributed by atoms with E-state index in [0.717, 1.165) is 85.2 Å². The van der Waals surface area contributed by atoms with E-state index in [4.69, 9.17) is 4.74 Å². The number of carbonyl (C=O) groups excluding carboxylic acids is 1. The molecule has 8 heteroatoms. The summed E-state index contributed by atoms with van der Waals surface area (Å²) in [5.74, 6) is 3.06. The van der Waals surface area contributed by atoms with Gasteiger partial charge in [-0.15, -0.1) is 0 Å². The quantitative estimate of drug-likeness (QED) is 0.229. The Morgan fingerprint density at radius 2 is 1.73 bits per heavy atom. The van der Waals surface area contributed by atoms with Gasteiger partial charge in [0.2, 0.25) is 5.91 Å². The Bertz CT molecular complexity index is 1300. The maximum absolute atomic E-state index is 12.8. The highest BCUT2D eigenvalue weighted by atomic mass is 16.5. The number of H-pyrrole nitrogens is 1. The van der Waals surface area contributed by atoms with Crippen LogP contribution in [0, 0.1) is 5.92 Å². The van der Waals surface area contributed by atoms with Gasteiger partial charge >= 0.3 is 0 Å². The molecule has 1 N–H and O–H groups in total. The summed E-state index contributed by atoms with van der Waals surface area (Å²) >= 11 is 0. The number of nitrogens with one attached hydrogen (secondary N) is 1. The number of aromatic nitrogens is 4. The molecule has 2 aromatic heterocycles. The number of ether oxygens (including phenoxy) is 1. The van der Waals surface area contributed by atoms with Gasteiger partial charge in [-0.3, -0.25) is 9.89 Å². The lowest BCUT2D eigenvalue weighted by Gasteiger charge is -2.35. The van der Waals surface area contributed by atoms with Gasteiger partial charge in [-0.05, 0) is 50.3 Å². The number of unbranched alkanes of at least 4 members (excludes halogenated alkanes) is 5. The van der Waals surface area contributed by atoms with E-state index in [1.165, 1.54) is 64.2 Å². The van der Waals surface area contributed by atoms with Crippen LogP contribution in [0.1, 0.15) is 96.8 Å². The molecule has 3 aromatic rings. The number of hydrogen-bond acceptors (Lipinski definition) is 6. The third-order valence-corrected chi connectivity index (χ3v) is 9.43. The minimum absolute atomic E-state index is 0.0307. The van der Waals surface area contributed by atoms with Crippen LogP contribution < -0.4 is 9.64 Å². The molecule has 2 aliphatic carbocycles. The van der Waals surface area contributed by atoms with Crippen molar-refractivity contribution in [2.75, 3.05) is 31.1 Å². The van der Waals surface area contributed by atoms with Crippen molar-refractivity contribution in [2.45, 2.75) is 102 Å². The van der Waals surface area contributed by atoms with Gasteiger partial charge in [-0.2, -0.15) is 5.10 Å². The number of rotatable bonds is 13. The number of anilines is 1. The average Bonchev–Trinajstić information content (AvgIpc) is 3.35. The summed E-state index contributed by atoms with van der Waals surface area (Å²) in [6.07, 6.45) is 19.3. The molecule has 0 radical (unpaired) electrons. The van der Waals surface area contributed by atoms with Crippen LogP contribution in [0.25, 0.3) is 22.3 Å². The first-order valence-corrected chi connectivity index (χ1v) is 16.1. The molecule has 3 aliphatic rings. The molecule has 2 saturated carbocycles. The van der Waals surface area contributed by atoms with E-state index >= 15 is 0 Å². The zero-order valence-corrected chi connectivity index (χ0v) is 24.7. The molecule has 6 rings (SSSR count). The number of amides is 1. The minimum Gasteiger partial charge on any atom is -0.488 e. The molecule has 0 unspecified atom stereocenters. The van der Waals surface area contributed by atoms with E-state index in [1.807, 2.05) is 23.1 Å². The number of aromatic amines is 1. The third-order valence-electron chi connectivity index (χ3n) is 9.43. The molecule has 1 amide bonds. The molecule has 1 aromatic carbocycles. The van der Waals surface area contributed by atoms with Crippen LogP contribution in [0.3, 0.4) is 0 Å². The third kappa shape index (κ3) is 7.19. The van der Waals surface area contributed by atoms with E-state index in [2.05, 4.69) is 38.1 Å². The Morgan fingerprint density at radius 3 is 2.51 bits per heavy atom. The van der Waals surface area contributed by atoms with Crippen molar-refractivity contribution in [3.05, 3.63) is 30.6 Å². The minimum atomic E-state index is -0.0307. The Labute approximate surface area is 244 Å². The fraction of sp³-hybridized carbons (Fsp3) is 0.636. The second-order valence-electron chi connectivity index (χ2n) is 12.8. The molecule has 41 heavy (non-hydrogen) atoms. The standard InChI is InChI=1S/C33H46N6O2/c1-33(16-17-33)41-26-14-15-28-27(22-26)32(37-36-28)29-23-30(35-24-34-29)38-18-20-39(21-19-38)31(40)13-7-5-3-2-4-6-10-25-11-8-9-12-25/h14-15,22-25H,2-13,16-21H2,1H3,(H,36,37). The first-order chi connectivity index (χ1) is 20.1. The highest BCUT2D eigenvalue weighted by Crippen LogP contribution is 2.40. The van der Waals surface area contributed by atoms with Crippen LogP contribution in [0.4, 0.5) is 5.82 Å². The Hall–Kier alpha value is -3.16. The lowest BCUT2D eigenvalue weighted by atomic mass is 9.99. The van der Waals surface area contributed by atoms with E-state index in [9.17, 15) is 4.79 Å². The van der Waals surface area contributed by atoms with Gasteiger partial charge in [0, 0.05) is 44.1 Å². The van der Waals surface area contributed by atoms with E-state index in [-0.39, 0.29) is 5.60 Å². The molecule has 1 aliphatic heterocycles. The molecular formula is C33H46N6O2. The largest absolute Gasteiger partial charge is 0.488 e. The summed E-state index contributed by atoms with van der Waals surface area (Å²) in [5, 5.41) is 8.70. The van der Waals surface area contributed by atoms with E-state index in [1.54, 1.807) is 6.33 Å². The zero-order chi connectivity index (χ0) is 28.1. The predicted octanol–water partition coefficient (Wildman–Crippen LogP) is 6.91. The first-order valence-electron chi connectivity index (χ1n) is 16.1. The molecule has 3 fully saturated rings. The summed E-state index contributed by atoms with van der Waals surface area (Å²) in [5.41, 5.74) is 2.52. The Kier molecular flexibility index (Phi) is 8.73. The van der Waals surface area contributed by atoms with Crippen LogP contribution in [-0.4, -0.2) is 62.8 Å². The van der Waals surface area contributed by atoms with Gasteiger partial charge in [0.15, 0.2) is 0 Å². The van der Waals surface area contributed by atoms with Gasteiger partial charge in [-0.1, -0.05) is 64.2 Å². The summed E-state index contributed by atoms with van der Waals surface area (Å²) < 4.78 is 6.18. The van der Waals surface area contributed by atoms with Crippen molar-refractivity contribution in [1.82, 2.24) is 25.1 Å². The first kappa shape index (κ1) is 28.0. The van der Waals surface area contributed by atoms with E-state index in [0.29, 0.717) is 12.3 Å². The monoisotopic (exact) mass is 558 g/mol. The molecule has 220 valence electrons. The summed E-state index contributed by atoms with van der Waals surface area (Å²) in [4.78, 5) is 26.2. The van der Waals surface area contributed by atoms with Crippen LogP contribution in [0.2, 0.25) is 0 Å². The summed E-state index contributed by atoms with van der Waals surface area (Å²) in [7, 11) is 0. The molecule has 0 bridgehead atoms. The second kappa shape index (κ2) is 12.8. The number of carbonyl (C=O) groups is 1. The molecule has 0 spiro atoms. The SMILES string of the molecule is CC1(Oc2ccc3[nH]nc(-c4cc(N5CCN(C(=O)CCCCCCCCC6CCCC6)CC5)ncn4)c3c2)CC1. The molecular weight excluding hydrogens is 512 g/mol. The van der Waals surface area contributed by atoms with Gasteiger partial charge in [0.1, 0.15) is 29.2 Å². The van der Waals surface area contributed by atoms with Crippen LogP contribution in [0.15, 0.2) is 30.6 Å². The average molecular weight is 559 g/mol. The van der Waals surface area contributed by atoms with Crippen molar-refractivity contribution in [1.29, 1.82) is 0 Å². The van der Waals surface area contributed by atoms with Crippen LogP contribution in [-0.2, 0) is 4.79 Å². The second-order valence-corrected chi connectivity index (χ2v) is 12.8. The van der Waals surface area contributed by atoms with Crippen molar-refractivity contribution in [3.63, 3.8) is 0 Å². The normalized spacial score (nSPS) is 18.8. The van der Waals surface area contributed by atoms with Crippen LogP contribution in [0.5, 0.6) is 5.75 Å². The van der Waals surface area contributed by atoms with Crippen molar-refractivity contribution < 1.29 is 9.53 Å². The van der Waals surface area contributed by atoms with Gasteiger partial charge in [0.05, 0.1) is 11.2 Å². The molecule has 1 saturated heterocycles. The van der Waals surface area contributed by atoms with Crippen LogP contribution >= 0.6 is 0 Å². The summed E-state index contributed by atoms with van der Waals surface area (Å²) in [6.45, 7) is 5.19. The lowest BCUT2D eigenvalue weighted by molar-refractivity contribution is -0.131. The Balaban J connectivity index is 0.948. The van der Waals surface area contributed by atoms with Gasteiger partial charge < -0.3 is 14.5 Å². The maximum Gasteiger partial charge on any atom is 0.222 e. The molecule has 0 atom stereocenters. The molecule has 8 nitrogen and oxygen atoms in total. The maximum atomic E-state index is 12.8. The highest BCUT2D eigenvalue weighted by Gasteiger charge is 2.40. The number of hydrogen-bond donors (Lipinski definition) is 1. The van der Waals surface area contributed by atoms with Gasteiger partial charge in [0.25, 0.3) is 0 Å². The lowest BCUT2D eigenvalue weighted by Crippen LogP contribution is -2.49. The van der Waals surface area contributed by atoms with Crippen molar-refractivity contribution in [3.8, 4) is 17.1 Å². The predicted molar refractivity (Wildman–Crippen MR) is 163 cm³/mol. The van der Waals surface area contributed by atoms with Crippen molar-refractivity contribution >= 4 is 22.6 Å². The number of fused-ring (bicyclic) bond motifs is 1. The fourth-order valence-electron chi connectivity index (χ4n) is 6.52. The highest BCUT2D eigenvalue weighted by molar-refractivity contribution is 5.93. The topological polar surface area (TPSA) is 87.2 Å². The number of piperazine rings is 1. The fourth-order valence-corrected chi connectivity index (χ4v) is 6.52. The van der Waals surface area contributed by atoms with Gasteiger partial charge in [-0.25, -0.2) is 9.97 Å². The van der Waals surface area contributed by atoms with E-state index < -0.39 is 0 Å². The smallest absolute Gasteiger partial charge is 0.222 e. The number of benzene rings is 1. The molecule has 3 heterocycles. The number of nitrogens with zero attached hydrogens (tertiary/aromatic N) is 5. The Morgan fingerprint density at radius 1 is 0.976 bits per heavy atom.